The number of hydrogen-bond acceptors (Lipinski definition) is 5. The van der Waals surface area contributed by atoms with Gasteiger partial charge in [-0.05, 0) is 42.5 Å². The number of hydrogen-bond donors (Lipinski definition) is 2. The standard InChI is InChI=1S/C25H19F2N3O4/c1-14(31)28-16-8-10-17(11-9-16)29-23-22(18-5-3-4-6-21(18)34-2)24(32)30(25(23)33)20-12-7-15(26)13-19(20)27/h3-13,29H,1-2H3,(H,28,31). The van der Waals surface area contributed by atoms with Crippen LogP contribution in [0.1, 0.15) is 12.5 Å². The smallest absolute Gasteiger partial charge is 0.282 e. The number of imide groups is 1. The molecule has 9 heteroatoms. The third-order valence-electron chi connectivity index (χ3n) is 5.09. The summed E-state index contributed by atoms with van der Waals surface area (Å²) in [7, 11) is 1.42. The molecule has 1 aliphatic heterocycles. The van der Waals surface area contributed by atoms with Gasteiger partial charge in [0.2, 0.25) is 5.91 Å². The second kappa shape index (κ2) is 9.14. The Labute approximate surface area is 193 Å². The Morgan fingerprint density at radius 1 is 0.912 bits per heavy atom. The molecule has 0 atom stereocenters. The molecular weight excluding hydrogens is 444 g/mol. The largest absolute Gasteiger partial charge is 0.496 e. The Morgan fingerprint density at radius 3 is 2.24 bits per heavy atom. The number of benzene rings is 3. The molecule has 2 N–H and O–H groups in total. The highest BCUT2D eigenvalue weighted by atomic mass is 19.1. The van der Waals surface area contributed by atoms with Gasteiger partial charge in [-0.25, -0.2) is 13.7 Å². The van der Waals surface area contributed by atoms with E-state index in [1.165, 1.54) is 14.0 Å². The van der Waals surface area contributed by atoms with Crippen LogP contribution in [0.2, 0.25) is 0 Å². The number of rotatable bonds is 6. The molecule has 0 unspecified atom stereocenters. The molecule has 0 bridgehead atoms. The summed E-state index contributed by atoms with van der Waals surface area (Å²) in [6.45, 7) is 1.38. The third-order valence-corrected chi connectivity index (χ3v) is 5.09. The number of ether oxygens (including phenoxy) is 1. The molecule has 1 heterocycles. The maximum atomic E-state index is 14.5. The zero-order chi connectivity index (χ0) is 24.4. The van der Waals surface area contributed by atoms with E-state index >= 15 is 0 Å². The van der Waals surface area contributed by atoms with Gasteiger partial charge in [-0.15, -0.1) is 0 Å². The average molecular weight is 463 g/mol. The molecule has 0 aliphatic carbocycles. The lowest BCUT2D eigenvalue weighted by atomic mass is 10.0. The molecule has 0 fully saturated rings. The number of anilines is 3. The lowest BCUT2D eigenvalue weighted by Crippen LogP contribution is -2.33. The zero-order valence-electron chi connectivity index (χ0n) is 18.2. The van der Waals surface area contributed by atoms with Crippen LogP contribution < -0.4 is 20.3 Å². The fraction of sp³-hybridized carbons (Fsp3) is 0.0800. The minimum atomic E-state index is -1.05. The highest BCUT2D eigenvalue weighted by molar-refractivity contribution is 6.46. The molecule has 0 aromatic heterocycles. The minimum absolute atomic E-state index is 0.0305. The van der Waals surface area contributed by atoms with Crippen LogP contribution in [-0.4, -0.2) is 24.8 Å². The monoisotopic (exact) mass is 463 g/mol. The number of amides is 3. The van der Waals surface area contributed by atoms with Crippen molar-refractivity contribution in [3.05, 3.63) is 89.6 Å². The summed E-state index contributed by atoms with van der Waals surface area (Å²) >= 11 is 0. The lowest BCUT2D eigenvalue weighted by molar-refractivity contribution is -0.120. The predicted octanol–water partition coefficient (Wildman–Crippen LogP) is 4.33. The van der Waals surface area contributed by atoms with Crippen LogP contribution in [-0.2, 0) is 14.4 Å². The van der Waals surface area contributed by atoms with Gasteiger partial charge in [0.25, 0.3) is 11.8 Å². The van der Waals surface area contributed by atoms with Crippen LogP contribution in [0, 0.1) is 11.6 Å². The number of carbonyl (C=O) groups excluding carboxylic acids is 3. The Morgan fingerprint density at radius 2 is 1.59 bits per heavy atom. The molecule has 1 aliphatic rings. The first-order valence-electron chi connectivity index (χ1n) is 10.2. The number of nitrogens with one attached hydrogen (secondary N) is 2. The number of para-hydroxylation sites is 1. The molecule has 7 nitrogen and oxygen atoms in total. The third kappa shape index (κ3) is 4.23. The molecule has 3 aromatic rings. The normalized spacial score (nSPS) is 13.4. The molecule has 0 saturated heterocycles. The topological polar surface area (TPSA) is 87.7 Å². The van der Waals surface area contributed by atoms with Gasteiger partial charge in [0.15, 0.2) is 0 Å². The average Bonchev–Trinajstić information content (AvgIpc) is 3.04. The Hall–Kier alpha value is -4.53. The highest BCUT2D eigenvalue weighted by Gasteiger charge is 2.42. The number of carbonyl (C=O) groups is 3. The predicted molar refractivity (Wildman–Crippen MR) is 123 cm³/mol. The van der Waals surface area contributed by atoms with Crippen molar-refractivity contribution in [1.29, 1.82) is 0 Å². The summed E-state index contributed by atoms with van der Waals surface area (Å²) in [5.74, 6) is -3.41. The van der Waals surface area contributed by atoms with Crippen molar-refractivity contribution in [2.24, 2.45) is 0 Å². The molecule has 34 heavy (non-hydrogen) atoms. The first kappa shape index (κ1) is 22.7. The lowest BCUT2D eigenvalue weighted by Gasteiger charge is -2.16. The molecule has 3 aromatic carbocycles. The summed E-state index contributed by atoms with van der Waals surface area (Å²) in [5, 5.41) is 5.57. The van der Waals surface area contributed by atoms with E-state index in [1.807, 2.05) is 0 Å². The first-order valence-corrected chi connectivity index (χ1v) is 10.2. The van der Waals surface area contributed by atoms with Crippen LogP contribution in [0.15, 0.2) is 72.4 Å². The number of nitrogens with zero attached hydrogens (tertiary/aromatic N) is 1. The zero-order valence-corrected chi connectivity index (χ0v) is 18.2. The van der Waals surface area contributed by atoms with E-state index in [2.05, 4.69) is 10.6 Å². The van der Waals surface area contributed by atoms with Crippen molar-refractivity contribution in [1.82, 2.24) is 0 Å². The van der Waals surface area contributed by atoms with Crippen LogP contribution in [0.4, 0.5) is 25.8 Å². The highest BCUT2D eigenvalue weighted by Crippen LogP contribution is 2.38. The van der Waals surface area contributed by atoms with Gasteiger partial charge in [-0.2, -0.15) is 0 Å². The van der Waals surface area contributed by atoms with Crippen molar-refractivity contribution in [2.75, 3.05) is 22.6 Å². The van der Waals surface area contributed by atoms with Gasteiger partial charge < -0.3 is 15.4 Å². The molecule has 3 amide bonds. The molecule has 4 rings (SSSR count). The van der Waals surface area contributed by atoms with E-state index in [9.17, 15) is 23.2 Å². The van der Waals surface area contributed by atoms with E-state index in [-0.39, 0.29) is 22.9 Å². The van der Waals surface area contributed by atoms with Crippen molar-refractivity contribution in [3.63, 3.8) is 0 Å². The van der Waals surface area contributed by atoms with Crippen LogP contribution in [0.3, 0.4) is 0 Å². The van der Waals surface area contributed by atoms with Gasteiger partial charge in [0, 0.05) is 29.9 Å². The second-order valence-corrected chi connectivity index (χ2v) is 7.38. The Bertz CT molecular complexity index is 1340. The SMILES string of the molecule is COc1ccccc1C1=C(Nc2ccc(NC(C)=O)cc2)C(=O)N(c2ccc(F)cc2F)C1=O. The van der Waals surface area contributed by atoms with Crippen molar-refractivity contribution in [3.8, 4) is 5.75 Å². The van der Waals surface area contributed by atoms with Crippen molar-refractivity contribution >= 4 is 40.4 Å². The molecule has 0 radical (unpaired) electrons. The number of halogens is 2. The van der Waals surface area contributed by atoms with E-state index in [0.29, 0.717) is 33.7 Å². The summed E-state index contributed by atoms with van der Waals surface area (Å²) in [5.41, 5.74) is 0.801. The molecular formula is C25H19F2N3O4. The van der Waals surface area contributed by atoms with Crippen LogP contribution in [0.25, 0.3) is 5.57 Å². The Kier molecular flexibility index (Phi) is 6.09. The van der Waals surface area contributed by atoms with Gasteiger partial charge in [-0.1, -0.05) is 18.2 Å². The summed E-state index contributed by atoms with van der Waals surface area (Å²) in [4.78, 5) is 38.7. The van der Waals surface area contributed by atoms with E-state index in [1.54, 1.807) is 48.5 Å². The summed E-state index contributed by atoms with van der Waals surface area (Å²) < 4.78 is 33.4. The molecule has 0 saturated carbocycles. The van der Waals surface area contributed by atoms with Crippen LogP contribution >= 0.6 is 0 Å². The fourth-order valence-corrected chi connectivity index (χ4v) is 3.61. The van der Waals surface area contributed by atoms with Gasteiger partial charge in [-0.3, -0.25) is 14.4 Å². The van der Waals surface area contributed by atoms with E-state index in [4.69, 9.17) is 4.74 Å². The second-order valence-electron chi connectivity index (χ2n) is 7.38. The number of methoxy groups -OCH3 is 1. The molecule has 0 spiro atoms. The quantitative estimate of drug-likeness (QED) is 0.532. The van der Waals surface area contributed by atoms with Crippen molar-refractivity contribution < 1.29 is 27.9 Å². The van der Waals surface area contributed by atoms with E-state index in [0.717, 1.165) is 12.1 Å². The maximum absolute atomic E-state index is 14.5. The first-order chi connectivity index (χ1) is 16.3. The molecule has 172 valence electrons. The minimum Gasteiger partial charge on any atom is -0.496 e. The van der Waals surface area contributed by atoms with Gasteiger partial charge in [0.1, 0.15) is 23.1 Å². The maximum Gasteiger partial charge on any atom is 0.282 e. The van der Waals surface area contributed by atoms with Gasteiger partial charge >= 0.3 is 0 Å². The fourth-order valence-electron chi connectivity index (χ4n) is 3.61. The van der Waals surface area contributed by atoms with Crippen LogP contribution in [0.5, 0.6) is 5.75 Å². The van der Waals surface area contributed by atoms with E-state index < -0.39 is 23.4 Å². The summed E-state index contributed by atoms with van der Waals surface area (Å²) in [6, 6.07) is 15.7. The Balaban J connectivity index is 1.81. The van der Waals surface area contributed by atoms with Crippen molar-refractivity contribution in [2.45, 2.75) is 6.92 Å². The summed E-state index contributed by atoms with van der Waals surface area (Å²) in [6.07, 6.45) is 0. The van der Waals surface area contributed by atoms with Gasteiger partial charge in [0.05, 0.1) is 18.4 Å².